The number of ether oxygens (including phenoxy) is 1. The van der Waals surface area contributed by atoms with Crippen molar-refractivity contribution in [1.29, 1.82) is 5.26 Å². The molecular formula is C18H25N3O2S. The van der Waals surface area contributed by atoms with Gasteiger partial charge in [-0.3, -0.25) is 9.69 Å². The zero-order chi connectivity index (χ0) is 17.0. The van der Waals surface area contributed by atoms with Gasteiger partial charge >= 0.3 is 0 Å². The van der Waals surface area contributed by atoms with E-state index in [9.17, 15) is 10.1 Å². The lowest BCUT2D eigenvalue weighted by Gasteiger charge is -2.27. The topological polar surface area (TPSA) is 65.4 Å². The molecule has 2 atom stereocenters. The van der Waals surface area contributed by atoms with Gasteiger partial charge in [-0.2, -0.15) is 5.26 Å². The molecule has 1 aliphatic carbocycles. The number of nitrogens with one attached hydrogen (secondary N) is 1. The van der Waals surface area contributed by atoms with Crippen LogP contribution in [0.5, 0.6) is 0 Å². The highest BCUT2D eigenvalue weighted by Crippen LogP contribution is 2.39. The van der Waals surface area contributed by atoms with E-state index in [1.807, 2.05) is 13.0 Å². The Hall–Kier alpha value is -1.42. The van der Waals surface area contributed by atoms with Gasteiger partial charge in [0.25, 0.3) is 0 Å². The van der Waals surface area contributed by atoms with Crippen molar-refractivity contribution in [1.82, 2.24) is 10.2 Å². The molecule has 1 amide bonds. The monoisotopic (exact) mass is 347 g/mol. The van der Waals surface area contributed by atoms with Crippen LogP contribution in [0.4, 0.5) is 0 Å². The quantitative estimate of drug-likeness (QED) is 0.785. The highest BCUT2D eigenvalue weighted by Gasteiger charge is 2.43. The van der Waals surface area contributed by atoms with Crippen LogP contribution in [0.1, 0.15) is 37.5 Å². The molecule has 3 rings (SSSR count). The maximum absolute atomic E-state index is 12.5. The summed E-state index contributed by atoms with van der Waals surface area (Å²) in [7, 11) is 0. The molecular weight excluding hydrogens is 322 g/mol. The van der Waals surface area contributed by atoms with Gasteiger partial charge in [-0.25, -0.2) is 0 Å². The number of hydrogen-bond acceptors (Lipinski definition) is 5. The summed E-state index contributed by atoms with van der Waals surface area (Å²) in [6, 6.07) is 6.41. The maximum Gasteiger partial charge on any atom is 0.235 e. The van der Waals surface area contributed by atoms with Gasteiger partial charge in [-0.15, -0.1) is 11.3 Å². The van der Waals surface area contributed by atoms with Crippen molar-refractivity contribution in [2.45, 2.75) is 50.8 Å². The van der Waals surface area contributed by atoms with E-state index in [0.717, 1.165) is 45.4 Å². The number of nitrogens with zero attached hydrogens (tertiary/aromatic N) is 2. The molecule has 5 nitrogen and oxygen atoms in total. The SMILES string of the molecule is C[C@](C#N)(NC(=O)CN(Cc1cccs1)C[C@@H]1CCCO1)C1CC1. The van der Waals surface area contributed by atoms with Gasteiger partial charge < -0.3 is 10.1 Å². The Morgan fingerprint density at radius 1 is 1.54 bits per heavy atom. The van der Waals surface area contributed by atoms with E-state index in [-0.39, 0.29) is 12.0 Å². The number of nitriles is 1. The van der Waals surface area contributed by atoms with Crippen molar-refractivity contribution in [3.63, 3.8) is 0 Å². The number of rotatable bonds is 8. The fourth-order valence-electron chi connectivity index (χ4n) is 3.30. The van der Waals surface area contributed by atoms with E-state index in [2.05, 4.69) is 27.7 Å². The average molecular weight is 347 g/mol. The lowest BCUT2D eigenvalue weighted by Crippen LogP contribution is -2.50. The minimum Gasteiger partial charge on any atom is -0.377 e. The standard InChI is InChI=1S/C18H25N3O2S/c1-18(13-19,14-6-7-14)20-17(22)12-21(10-15-4-2-8-23-15)11-16-5-3-9-24-16/h3,5,9,14-15H,2,4,6-8,10-12H2,1H3,(H,20,22)/t15-,18+/m0/s1. The molecule has 6 heteroatoms. The molecule has 130 valence electrons. The zero-order valence-corrected chi connectivity index (χ0v) is 15.0. The first-order valence-electron chi connectivity index (χ1n) is 8.67. The average Bonchev–Trinajstić information content (AvgIpc) is 3.07. The molecule has 2 fully saturated rings. The van der Waals surface area contributed by atoms with Crippen LogP contribution in [0, 0.1) is 17.2 Å². The highest BCUT2D eigenvalue weighted by molar-refractivity contribution is 7.09. The molecule has 0 aromatic carbocycles. The smallest absolute Gasteiger partial charge is 0.235 e. The summed E-state index contributed by atoms with van der Waals surface area (Å²) in [5.74, 6) is 0.232. The second-order valence-corrected chi connectivity index (χ2v) is 8.05. The first-order valence-corrected chi connectivity index (χ1v) is 9.55. The predicted molar refractivity (Wildman–Crippen MR) is 93.5 cm³/mol. The lowest BCUT2D eigenvalue weighted by atomic mass is 9.98. The van der Waals surface area contributed by atoms with Crippen LogP contribution in [0.3, 0.4) is 0 Å². The number of hydrogen-bond donors (Lipinski definition) is 1. The minimum absolute atomic E-state index is 0.0690. The number of amides is 1. The molecule has 1 aromatic heterocycles. The molecule has 2 aliphatic rings. The van der Waals surface area contributed by atoms with Crippen molar-refractivity contribution < 1.29 is 9.53 Å². The Labute approximate surface area is 147 Å². The van der Waals surface area contributed by atoms with Gasteiger partial charge in [0.15, 0.2) is 0 Å². The first-order chi connectivity index (χ1) is 11.6. The molecule has 0 bridgehead atoms. The minimum atomic E-state index is -0.727. The molecule has 2 heterocycles. The van der Waals surface area contributed by atoms with Crippen LogP contribution in [-0.4, -0.2) is 42.1 Å². The fourth-order valence-corrected chi connectivity index (χ4v) is 4.04. The maximum atomic E-state index is 12.5. The van der Waals surface area contributed by atoms with Crippen LogP contribution in [0.15, 0.2) is 17.5 Å². The highest BCUT2D eigenvalue weighted by atomic mass is 32.1. The van der Waals surface area contributed by atoms with Gasteiger partial charge in [0.1, 0.15) is 5.54 Å². The normalized spacial score (nSPS) is 23.0. The summed E-state index contributed by atoms with van der Waals surface area (Å²) in [5.41, 5.74) is -0.727. The van der Waals surface area contributed by atoms with Crippen LogP contribution >= 0.6 is 11.3 Å². The van der Waals surface area contributed by atoms with Crippen molar-refractivity contribution in [3.05, 3.63) is 22.4 Å². The Bertz CT molecular complexity index is 588. The zero-order valence-electron chi connectivity index (χ0n) is 14.2. The van der Waals surface area contributed by atoms with Gasteiger partial charge in [-0.05, 0) is 50.0 Å². The van der Waals surface area contributed by atoms with Gasteiger partial charge in [0, 0.05) is 24.6 Å². The molecule has 0 unspecified atom stereocenters. The van der Waals surface area contributed by atoms with Crippen LogP contribution < -0.4 is 5.32 Å². The molecule has 1 aromatic rings. The third-order valence-electron chi connectivity index (χ3n) is 4.84. The summed E-state index contributed by atoms with van der Waals surface area (Å²) in [6.07, 6.45) is 4.42. The third kappa shape index (κ3) is 4.56. The van der Waals surface area contributed by atoms with E-state index < -0.39 is 5.54 Å². The summed E-state index contributed by atoms with van der Waals surface area (Å²) < 4.78 is 5.73. The second kappa shape index (κ2) is 7.64. The van der Waals surface area contributed by atoms with Crippen LogP contribution in [0.25, 0.3) is 0 Å². The van der Waals surface area contributed by atoms with Crippen molar-refractivity contribution in [3.8, 4) is 6.07 Å². The number of carbonyl (C=O) groups is 1. The molecule has 1 saturated carbocycles. The Morgan fingerprint density at radius 2 is 2.38 bits per heavy atom. The lowest BCUT2D eigenvalue weighted by molar-refractivity contribution is -0.124. The predicted octanol–water partition coefficient (Wildman–Crippen LogP) is 2.54. The van der Waals surface area contributed by atoms with Gasteiger partial charge in [0.05, 0.1) is 18.7 Å². The van der Waals surface area contributed by atoms with E-state index >= 15 is 0 Å². The summed E-state index contributed by atoms with van der Waals surface area (Å²) in [5, 5.41) is 14.4. The number of carbonyl (C=O) groups excluding carboxylic acids is 1. The molecule has 1 aliphatic heterocycles. The Kier molecular flexibility index (Phi) is 5.54. The van der Waals surface area contributed by atoms with E-state index in [0.29, 0.717) is 12.5 Å². The summed E-state index contributed by atoms with van der Waals surface area (Å²) >= 11 is 1.70. The fraction of sp³-hybridized carbons (Fsp3) is 0.667. The second-order valence-electron chi connectivity index (χ2n) is 7.02. The third-order valence-corrected chi connectivity index (χ3v) is 5.70. The summed E-state index contributed by atoms with van der Waals surface area (Å²) in [6.45, 7) is 4.47. The first kappa shape index (κ1) is 17.4. The largest absolute Gasteiger partial charge is 0.377 e. The van der Waals surface area contributed by atoms with E-state index in [4.69, 9.17) is 4.74 Å². The van der Waals surface area contributed by atoms with Crippen LogP contribution in [0.2, 0.25) is 0 Å². The Morgan fingerprint density at radius 3 is 2.96 bits per heavy atom. The number of thiophene rings is 1. The van der Waals surface area contributed by atoms with Gasteiger partial charge in [0.2, 0.25) is 5.91 Å². The van der Waals surface area contributed by atoms with Crippen molar-refractivity contribution in [2.24, 2.45) is 5.92 Å². The van der Waals surface area contributed by atoms with Crippen LogP contribution in [-0.2, 0) is 16.1 Å². The van der Waals surface area contributed by atoms with Gasteiger partial charge in [-0.1, -0.05) is 6.07 Å². The van der Waals surface area contributed by atoms with E-state index in [1.165, 1.54) is 4.88 Å². The molecule has 1 N–H and O–H groups in total. The van der Waals surface area contributed by atoms with Crippen molar-refractivity contribution >= 4 is 17.2 Å². The molecule has 1 saturated heterocycles. The summed E-state index contributed by atoms with van der Waals surface area (Å²) in [4.78, 5) is 15.9. The molecule has 24 heavy (non-hydrogen) atoms. The molecule has 0 radical (unpaired) electrons. The molecule has 0 spiro atoms. The van der Waals surface area contributed by atoms with E-state index in [1.54, 1.807) is 11.3 Å². The Balaban J connectivity index is 1.59. The van der Waals surface area contributed by atoms with Crippen molar-refractivity contribution in [2.75, 3.05) is 19.7 Å².